The predicted octanol–water partition coefficient (Wildman–Crippen LogP) is -0.631. The van der Waals surface area contributed by atoms with E-state index in [1.54, 1.807) is 0 Å². The molecule has 0 amide bonds. The summed E-state index contributed by atoms with van der Waals surface area (Å²) in [6.07, 6.45) is 9.88. The quantitative estimate of drug-likeness (QED) is 0.530. The SMILES string of the molecule is CCCCN1C=C[C+]=C(C)C1.[Cl-]. The monoisotopic (exact) mass is 185 g/mol. The fourth-order valence-electron chi connectivity index (χ4n) is 1.20. The lowest BCUT2D eigenvalue weighted by molar-refractivity contribution is -0.00000246. The maximum Gasteiger partial charge on any atom is 0.177 e. The van der Waals surface area contributed by atoms with Gasteiger partial charge in [0.25, 0.3) is 0 Å². The van der Waals surface area contributed by atoms with Crippen molar-refractivity contribution in [2.75, 3.05) is 13.1 Å². The van der Waals surface area contributed by atoms with E-state index >= 15 is 0 Å². The number of halogens is 1. The van der Waals surface area contributed by atoms with Gasteiger partial charge in [0, 0.05) is 6.54 Å². The van der Waals surface area contributed by atoms with Gasteiger partial charge in [0.15, 0.2) is 6.08 Å². The van der Waals surface area contributed by atoms with Crippen LogP contribution in [0, 0.1) is 6.08 Å². The standard InChI is InChI=1S/C10H16N.ClH/c1-3-4-7-11-8-5-6-10(2)9-11;/h5,8H,3-4,7,9H2,1-2H3;1H/q+1;/p-1. The smallest absolute Gasteiger partial charge is 0.177 e. The van der Waals surface area contributed by atoms with Crippen LogP contribution < -0.4 is 12.4 Å². The lowest BCUT2D eigenvalue weighted by Gasteiger charge is -2.15. The topological polar surface area (TPSA) is 3.24 Å². The van der Waals surface area contributed by atoms with Gasteiger partial charge in [-0.05, 0) is 13.3 Å². The van der Waals surface area contributed by atoms with Crippen LogP contribution in [-0.4, -0.2) is 18.0 Å². The Morgan fingerprint density at radius 1 is 1.58 bits per heavy atom. The Morgan fingerprint density at radius 3 is 2.92 bits per heavy atom. The fraction of sp³-hybridized carbons (Fsp3) is 0.600. The van der Waals surface area contributed by atoms with Gasteiger partial charge in [0.05, 0.1) is 18.2 Å². The number of allylic oxidation sites excluding steroid dienone is 2. The highest BCUT2D eigenvalue weighted by Crippen LogP contribution is 2.06. The molecule has 0 atom stereocenters. The zero-order chi connectivity index (χ0) is 8.10. The molecule has 0 aromatic heterocycles. The summed E-state index contributed by atoms with van der Waals surface area (Å²) in [6.45, 7) is 6.60. The molecule has 1 nitrogen and oxygen atoms in total. The van der Waals surface area contributed by atoms with Crippen molar-refractivity contribution < 1.29 is 12.4 Å². The first-order valence-electron chi connectivity index (χ1n) is 4.32. The number of hydrogen-bond donors (Lipinski definition) is 0. The van der Waals surface area contributed by atoms with Gasteiger partial charge in [0.2, 0.25) is 0 Å². The molecule has 0 fully saturated rings. The van der Waals surface area contributed by atoms with Crippen LogP contribution in [0.3, 0.4) is 0 Å². The predicted molar refractivity (Wildman–Crippen MR) is 48.1 cm³/mol. The van der Waals surface area contributed by atoms with Crippen molar-refractivity contribution in [3.63, 3.8) is 0 Å². The van der Waals surface area contributed by atoms with Crippen molar-refractivity contribution in [2.24, 2.45) is 0 Å². The van der Waals surface area contributed by atoms with Gasteiger partial charge in [-0.3, -0.25) is 4.90 Å². The lowest BCUT2D eigenvalue weighted by Crippen LogP contribution is -3.00. The Morgan fingerprint density at radius 2 is 2.33 bits per heavy atom. The van der Waals surface area contributed by atoms with Crippen molar-refractivity contribution in [3.05, 3.63) is 23.9 Å². The summed E-state index contributed by atoms with van der Waals surface area (Å²) in [5.41, 5.74) is 1.34. The van der Waals surface area contributed by atoms with E-state index in [4.69, 9.17) is 0 Å². The van der Waals surface area contributed by atoms with E-state index in [1.165, 1.54) is 25.0 Å². The third-order valence-corrected chi connectivity index (χ3v) is 1.85. The largest absolute Gasteiger partial charge is 1.00 e. The van der Waals surface area contributed by atoms with Crippen LogP contribution in [0.5, 0.6) is 0 Å². The second-order valence-corrected chi connectivity index (χ2v) is 3.06. The molecule has 0 aliphatic carbocycles. The van der Waals surface area contributed by atoms with Crippen molar-refractivity contribution in [3.8, 4) is 0 Å². The molecule has 0 unspecified atom stereocenters. The van der Waals surface area contributed by atoms with Gasteiger partial charge in [0.1, 0.15) is 6.20 Å². The molecular weight excluding hydrogens is 170 g/mol. The van der Waals surface area contributed by atoms with Gasteiger partial charge in [-0.25, -0.2) is 0 Å². The molecule has 1 rings (SSSR count). The van der Waals surface area contributed by atoms with Gasteiger partial charge >= 0.3 is 0 Å². The summed E-state index contributed by atoms with van der Waals surface area (Å²) < 4.78 is 0. The van der Waals surface area contributed by atoms with E-state index in [0.717, 1.165) is 6.54 Å². The molecule has 0 bridgehead atoms. The Labute approximate surface area is 81.6 Å². The first-order chi connectivity index (χ1) is 5.33. The molecule has 1 heterocycles. The minimum Gasteiger partial charge on any atom is -1.00 e. The number of rotatable bonds is 3. The highest BCUT2D eigenvalue weighted by atomic mass is 35.5. The van der Waals surface area contributed by atoms with Crippen molar-refractivity contribution >= 4 is 0 Å². The van der Waals surface area contributed by atoms with Crippen LogP contribution in [-0.2, 0) is 0 Å². The van der Waals surface area contributed by atoms with Crippen LogP contribution >= 0.6 is 0 Å². The molecule has 0 N–H and O–H groups in total. The van der Waals surface area contributed by atoms with Crippen molar-refractivity contribution in [1.29, 1.82) is 0 Å². The molecule has 2 heteroatoms. The number of nitrogens with zero attached hydrogens (tertiary/aromatic N) is 1. The lowest BCUT2D eigenvalue weighted by atomic mass is 10.2. The molecule has 0 radical (unpaired) electrons. The summed E-state index contributed by atoms with van der Waals surface area (Å²) in [7, 11) is 0. The third kappa shape index (κ3) is 3.75. The average Bonchev–Trinajstić information content (AvgIpc) is 2.01. The summed E-state index contributed by atoms with van der Waals surface area (Å²) >= 11 is 0. The Hall–Kier alpha value is -0.520. The highest BCUT2D eigenvalue weighted by Gasteiger charge is 2.10. The van der Waals surface area contributed by atoms with Crippen LogP contribution in [0.1, 0.15) is 26.7 Å². The van der Waals surface area contributed by atoms with Crippen LogP contribution in [0.2, 0.25) is 0 Å². The van der Waals surface area contributed by atoms with E-state index < -0.39 is 0 Å². The second-order valence-electron chi connectivity index (χ2n) is 3.06. The zero-order valence-electron chi connectivity index (χ0n) is 7.81. The zero-order valence-corrected chi connectivity index (χ0v) is 8.56. The van der Waals surface area contributed by atoms with Gasteiger partial charge < -0.3 is 12.4 Å². The summed E-state index contributed by atoms with van der Waals surface area (Å²) in [6, 6.07) is 0. The molecule has 0 aromatic rings. The van der Waals surface area contributed by atoms with E-state index in [0.29, 0.717) is 0 Å². The first-order valence-corrected chi connectivity index (χ1v) is 4.32. The minimum absolute atomic E-state index is 0. The normalized spacial score (nSPS) is 14.8. The number of hydrogen-bond acceptors (Lipinski definition) is 1. The molecule has 1 aliphatic heterocycles. The van der Waals surface area contributed by atoms with E-state index in [9.17, 15) is 0 Å². The first kappa shape index (κ1) is 11.5. The highest BCUT2D eigenvalue weighted by molar-refractivity contribution is 5.10. The maximum atomic E-state index is 3.18. The second kappa shape index (κ2) is 6.05. The van der Waals surface area contributed by atoms with Crippen molar-refractivity contribution in [2.45, 2.75) is 26.7 Å². The molecule has 12 heavy (non-hydrogen) atoms. The summed E-state index contributed by atoms with van der Waals surface area (Å²) in [5.74, 6) is 0. The molecule has 1 aliphatic rings. The van der Waals surface area contributed by atoms with Crippen LogP contribution in [0.25, 0.3) is 0 Å². The summed E-state index contributed by atoms with van der Waals surface area (Å²) in [4.78, 5) is 2.34. The Bertz CT molecular complexity index is 173. The Balaban J connectivity index is 0.00000121. The molecule has 0 saturated heterocycles. The average molecular weight is 186 g/mol. The Kier molecular flexibility index (Phi) is 5.79. The van der Waals surface area contributed by atoms with Gasteiger partial charge in [-0.2, -0.15) is 0 Å². The fourth-order valence-corrected chi connectivity index (χ4v) is 1.20. The van der Waals surface area contributed by atoms with E-state index in [2.05, 4.69) is 31.0 Å². The summed E-state index contributed by atoms with van der Waals surface area (Å²) in [5, 5.41) is 0. The molecule has 0 spiro atoms. The van der Waals surface area contributed by atoms with Crippen LogP contribution in [0.15, 0.2) is 17.8 Å². The van der Waals surface area contributed by atoms with E-state index in [1.807, 2.05) is 6.08 Å². The molecule has 68 valence electrons. The van der Waals surface area contributed by atoms with Crippen LogP contribution in [0.4, 0.5) is 0 Å². The van der Waals surface area contributed by atoms with Gasteiger partial charge in [-0.15, -0.1) is 0 Å². The molecular formula is C10H16ClN. The molecule has 0 saturated carbocycles. The maximum absolute atomic E-state index is 3.18. The van der Waals surface area contributed by atoms with E-state index in [-0.39, 0.29) is 12.4 Å². The third-order valence-electron chi connectivity index (χ3n) is 1.85. The van der Waals surface area contributed by atoms with Gasteiger partial charge in [-0.1, -0.05) is 13.3 Å². The minimum atomic E-state index is 0. The molecule has 0 aromatic carbocycles. The number of unbranched alkanes of at least 4 members (excludes halogenated alkanes) is 1. The van der Waals surface area contributed by atoms with Crippen molar-refractivity contribution in [1.82, 2.24) is 4.90 Å².